The Kier molecular flexibility index (Phi) is 4.54. The van der Waals surface area contributed by atoms with Crippen LogP contribution in [-0.4, -0.2) is 40.3 Å². The lowest BCUT2D eigenvalue weighted by molar-refractivity contribution is -0.149. The number of carboxylic acid groups (broad SMARTS) is 1. The van der Waals surface area contributed by atoms with Crippen LogP contribution in [0.4, 0.5) is 0 Å². The molecule has 2 rings (SSSR count). The normalized spacial score (nSPS) is 19.9. The lowest BCUT2D eigenvalue weighted by Crippen LogP contribution is -2.43. The number of thiophene rings is 1. The number of likely N-dealkylation sites (tertiary alicyclic amines) is 1. The first-order valence-electron chi connectivity index (χ1n) is 6.60. The lowest BCUT2D eigenvalue weighted by Gasteiger charge is -2.24. The molecule has 0 aromatic carbocycles. The predicted octanol–water partition coefficient (Wildman–Crippen LogP) is 2.03. The van der Waals surface area contributed by atoms with Crippen LogP contribution in [0, 0.1) is 5.92 Å². The maximum Gasteiger partial charge on any atom is 0.326 e. The molecular formula is C14H17NO4S. The summed E-state index contributed by atoms with van der Waals surface area (Å²) in [6, 6.07) is 2.80. The van der Waals surface area contributed by atoms with E-state index < -0.39 is 17.9 Å². The first kappa shape index (κ1) is 14.7. The van der Waals surface area contributed by atoms with Gasteiger partial charge < -0.3 is 10.0 Å². The van der Waals surface area contributed by atoms with E-state index in [-0.39, 0.29) is 18.1 Å². The molecule has 5 nitrogen and oxygen atoms in total. The van der Waals surface area contributed by atoms with E-state index in [0.29, 0.717) is 24.3 Å². The zero-order chi connectivity index (χ0) is 14.7. The number of ketones is 1. The van der Waals surface area contributed by atoms with Crippen molar-refractivity contribution in [3.8, 4) is 0 Å². The van der Waals surface area contributed by atoms with Gasteiger partial charge in [-0.05, 0) is 24.3 Å². The summed E-state index contributed by atoms with van der Waals surface area (Å²) < 4.78 is 0. The zero-order valence-electron chi connectivity index (χ0n) is 11.2. The minimum Gasteiger partial charge on any atom is -0.480 e. The third-order valence-corrected chi connectivity index (χ3v) is 4.44. The highest BCUT2D eigenvalue weighted by Gasteiger charge is 2.36. The monoisotopic (exact) mass is 295 g/mol. The Labute approximate surface area is 121 Å². The Morgan fingerprint density at radius 1 is 1.50 bits per heavy atom. The van der Waals surface area contributed by atoms with Crippen LogP contribution >= 0.6 is 11.3 Å². The van der Waals surface area contributed by atoms with Gasteiger partial charge in [0.2, 0.25) is 5.91 Å². The summed E-state index contributed by atoms with van der Waals surface area (Å²) in [6.45, 7) is 2.15. The second-order valence-corrected chi connectivity index (χ2v) is 5.98. The van der Waals surface area contributed by atoms with Crippen LogP contribution in [-0.2, 0) is 9.59 Å². The SMILES string of the molecule is C[C@H](CC(=O)c1cccs1)C(=O)N1CCC[C@H]1C(=O)O. The highest BCUT2D eigenvalue weighted by atomic mass is 32.1. The summed E-state index contributed by atoms with van der Waals surface area (Å²) in [4.78, 5) is 37.4. The van der Waals surface area contributed by atoms with Crippen LogP contribution in [0.25, 0.3) is 0 Å². The average molecular weight is 295 g/mol. The van der Waals surface area contributed by atoms with E-state index in [1.165, 1.54) is 16.2 Å². The maximum atomic E-state index is 12.3. The van der Waals surface area contributed by atoms with Crippen LogP contribution in [0.15, 0.2) is 17.5 Å². The second kappa shape index (κ2) is 6.17. The first-order chi connectivity index (χ1) is 9.50. The number of amides is 1. The highest BCUT2D eigenvalue weighted by molar-refractivity contribution is 7.12. The molecule has 1 fully saturated rings. The molecule has 1 N–H and O–H groups in total. The molecule has 0 bridgehead atoms. The molecule has 108 valence electrons. The van der Waals surface area contributed by atoms with Crippen LogP contribution < -0.4 is 0 Å². The third kappa shape index (κ3) is 3.07. The number of hydrogen-bond donors (Lipinski definition) is 1. The molecule has 1 aromatic rings. The Morgan fingerprint density at radius 3 is 2.85 bits per heavy atom. The highest BCUT2D eigenvalue weighted by Crippen LogP contribution is 2.22. The summed E-state index contributed by atoms with van der Waals surface area (Å²) in [5.74, 6) is -1.75. The van der Waals surface area contributed by atoms with Crippen molar-refractivity contribution in [3.05, 3.63) is 22.4 Å². The van der Waals surface area contributed by atoms with Crippen molar-refractivity contribution >= 4 is 29.0 Å². The topological polar surface area (TPSA) is 74.7 Å². The third-order valence-electron chi connectivity index (χ3n) is 3.53. The molecule has 20 heavy (non-hydrogen) atoms. The molecule has 1 aromatic heterocycles. The van der Waals surface area contributed by atoms with Crippen LogP contribution in [0.1, 0.15) is 35.9 Å². The Hall–Kier alpha value is -1.69. The molecule has 1 aliphatic heterocycles. The fourth-order valence-corrected chi connectivity index (χ4v) is 3.15. The predicted molar refractivity (Wildman–Crippen MR) is 74.8 cm³/mol. The van der Waals surface area contributed by atoms with Gasteiger partial charge in [-0.2, -0.15) is 0 Å². The van der Waals surface area contributed by atoms with Crippen molar-refractivity contribution in [2.75, 3.05) is 6.54 Å². The van der Waals surface area contributed by atoms with Gasteiger partial charge in [0.1, 0.15) is 6.04 Å². The Morgan fingerprint density at radius 2 is 2.25 bits per heavy atom. The van der Waals surface area contributed by atoms with Gasteiger partial charge in [-0.25, -0.2) is 4.79 Å². The number of aliphatic carboxylic acids is 1. The molecule has 0 spiro atoms. The molecular weight excluding hydrogens is 278 g/mol. The number of carbonyl (C=O) groups excluding carboxylic acids is 2. The largest absolute Gasteiger partial charge is 0.480 e. The van der Waals surface area contributed by atoms with Gasteiger partial charge in [0.15, 0.2) is 5.78 Å². The van der Waals surface area contributed by atoms with Crippen LogP contribution in [0.3, 0.4) is 0 Å². The number of carboxylic acids is 1. The van der Waals surface area contributed by atoms with Crippen molar-refractivity contribution in [2.45, 2.75) is 32.2 Å². The molecule has 0 unspecified atom stereocenters. The molecule has 1 amide bonds. The smallest absolute Gasteiger partial charge is 0.326 e. The number of rotatable bonds is 5. The van der Waals surface area contributed by atoms with Crippen molar-refractivity contribution in [1.82, 2.24) is 4.90 Å². The Bertz CT molecular complexity index is 511. The van der Waals surface area contributed by atoms with E-state index in [2.05, 4.69) is 0 Å². The van der Waals surface area contributed by atoms with Gasteiger partial charge in [0.05, 0.1) is 4.88 Å². The first-order valence-corrected chi connectivity index (χ1v) is 7.48. The molecule has 6 heteroatoms. The molecule has 0 radical (unpaired) electrons. The van der Waals surface area contributed by atoms with E-state index in [9.17, 15) is 14.4 Å². The van der Waals surface area contributed by atoms with Crippen molar-refractivity contribution < 1.29 is 19.5 Å². The van der Waals surface area contributed by atoms with Gasteiger partial charge in [-0.15, -0.1) is 11.3 Å². The van der Waals surface area contributed by atoms with Gasteiger partial charge in [0.25, 0.3) is 0 Å². The van der Waals surface area contributed by atoms with Gasteiger partial charge >= 0.3 is 5.97 Å². The maximum absolute atomic E-state index is 12.3. The number of nitrogens with zero attached hydrogens (tertiary/aromatic N) is 1. The van der Waals surface area contributed by atoms with E-state index >= 15 is 0 Å². The molecule has 2 heterocycles. The molecule has 2 atom stereocenters. The summed E-state index contributed by atoms with van der Waals surface area (Å²) in [7, 11) is 0. The number of hydrogen-bond acceptors (Lipinski definition) is 4. The summed E-state index contributed by atoms with van der Waals surface area (Å²) in [5, 5.41) is 10.9. The van der Waals surface area contributed by atoms with Gasteiger partial charge in [0, 0.05) is 18.9 Å². The van der Waals surface area contributed by atoms with E-state index in [1.54, 1.807) is 19.1 Å². The van der Waals surface area contributed by atoms with Crippen molar-refractivity contribution in [1.29, 1.82) is 0 Å². The van der Waals surface area contributed by atoms with Crippen molar-refractivity contribution in [3.63, 3.8) is 0 Å². The standard InChI is InChI=1S/C14H17NO4S/c1-9(8-11(16)12-5-3-7-20-12)13(17)15-6-2-4-10(15)14(18)19/h3,5,7,9-10H,2,4,6,8H2,1H3,(H,18,19)/t9-,10+/m1/s1. The minimum atomic E-state index is -0.965. The Balaban J connectivity index is 1.98. The van der Waals surface area contributed by atoms with E-state index in [4.69, 9.17) is 5.11 Å². The average Bonchev–Trinajstić information content (AvgIpc) is 3.08. The number of carbonyl (C=O) groups is 3. The summed E-state index contributed by atoms with van der Waals surface area (Å²) in [6.07, 6.45) is 1.32. The van der Waals surface area contributed by atoms with Crippen LogP contribution in [0.5, 0.6) is 0 Å². The second-order valence-electron chi connectivity index (χ2n) is 5.03. The van der Waals surface area contributed by atoms with Crippen LogP contribution in [0.2, 0.25) is 0 Å². The van der Waals surface area contributed by atoms with Gasteiger partial charge in [-0.3, -0.25) is 9.59 Å². The summed E-state index contributed by atoms with van der Waals surface area (Å²) >= 11 is 1.35. The molecule has 0 aliphatic carbocycles. The minimum absolute atomic E-state index is 0.0630. The van der Waals surface area contributed by atoms with E-state index in [0.717, 1.165) is 0 Å². The molecule has 1 aliphatic rings. The van der Waals surface area contributed by atoms with Crippen molar-refractivity contribution in [2.24, 2.45) is 5.92 Å². The molecule has 0 saturated carbocycles. The fraction of sp³-hybridized carbons (Fsp3) is 0.500. The number of Topliss-reactive ketones (excluding diaryl/α,β-unsaturated/α-hetero) is 1. The quantitative estimate of drug-likeness (QED) is 0.843. The van der Waals surface area contributed by atoms with E-state index in [1.807, 2.05) is 5.38 Å². The summed E-state index contributed by atoms with van der Waals surface area (Å²) in [5.41, 5.74) is 0. The lowest BCUT2D eigenvalue weighted by atomic mass is 10.0. The van der Waals surface area contributed by atoms with Gasteiger partial charge in [-0.1, -0.05) is 13.0 Å². The fourth-order valence-electron chi connectivity index (χ4n) is 2.47. The zero-order valence-corrected chi connectivity index (χ0v) is 12.1. The molecule has 1 saturated heterocycles.